The van der Waals surface area contributed by atoms with Crippen LogP contribution in [0.2, 0.25) is 0 Å². The molecule has 0 N–H and O–H groups in total. The number of hydrogen-bond acceptors (Lipinski definition) is 4. The van der Waals surface area contributed by atoms with Crippen LogP contribution in [-0.2, 0) is 0 Å². The summed E-state index contributed by atoms with van der Waals surface area (Å²) in [5, 5.41) is 0. The van der Waals surface area contributed by atoms with Gasteiger partial charge in [-0.25, -0.2) is 4.98 Å². The Hall–Kier alpha value is -1.55. The fourth-order valence-electron chi connectivity index (χ4n) is 5.56. The van der Waals surface area contributed by atoms with E-state index >= 15 is 0 Å². The lowest BCUT2D eigenvalue weighted by molar-refractivity contribution is 0.169. The highest BCUT2D eigenvalue weighted by Crippen LogP contribution is 2.46. The summed E-state index contributed by atoms with van der Waals surface area (Å²) in [5.74, 6) is 2.27. The van der Waals surface area contributed by atoms with Crippen molar-refractivity contribution >= 4 is 16.8 Å². The number of piperazine rings is 1. The number of hydrogen-bond donors (Lipinski definition) is 0. The lowest BCUT2D eigenvalue weighted by atomic mass is 9.68. The van der Waals surface area contributed by atoms with Gasteiger partial charge in [-0.05, 0) is 67.5 Å². The van der Waals surface area contributed by atoms with Gasteiger partial charge in [0.25, 0.3) is 0 Å². The van der Waals surface area contributed by atoms with Crippen LogP contribution in [0, 0.1) is 18.3 Å². The largest absolute Gasteiger partial charge is 0.441 e. The van der Waals surface area contributed by atoms with Crippen LogP contribution in [0.5, 0.6) is 0 Å². The van der Waals surface area contributed by atoms with Crippen molar-refractivity contribution in [2.24, 2.45) is 11.3 Å². The molecule has 1 aliphatic carbocycles. The molecule has 0 bridgehead atoms. The molecule has 2 aliphatic rings. The van der Waals surface area contributed by atoms with Gasteiger partial charge in [0.05, 0.1) is 0 Å². The van der Waals surface area contributed by atoms with E-state index in [1.807, 2.05) is 6.92 Å². The van der Waals surface area contributed by atoms with Gasteiger partial charge in [0, 0.05) is 44.9 Å². The Morgan fingerprint density at radius 2 is 1.73 bits per heavy atom. The van der Waals surface area contributed by atoms with Crippen LogP contribution in [0.15, 0.2) is 16.5 Å². The molecule has 1 aliphatic heterocycles. The summed E-state index contributed by atoms with van der Waals surface area (Å²) in [5.41, 5.74) is 5.34. The molecule has 2 fully saturated rings. The molecule has 4 heteroatoms. The highest BCUT2D eigenvalue weighted by molar-refractivity contribution is 5.80. The lowest BCUT2D eigenvalue weighted by Crippen LogP contribution is -2.47. The summed E-state index contributed by atoms with van der Waals surface area (Å²) in [6.45, 7) is 17.3. The zero-order valence-electron chi connectivity index (χ0n) is 19.8. The van der Waals surface area contributed by atoms with Crippen molar-refractivity contribution in [3.8, 4) is 0 Å². The third-order valence-electron chi connectivity index (χ3n) is 7.58. The quantitative estimate of drug-likeness (QED) is 0.571. The Bertz CT molecular complexity index is 834. The smallest absolute Gasteiger partial charge is 0.192 e. The van der Waals surface area contributed by atoms with Crippen LogP contribution in [0.25, 0.3) is 11.1 Å². The van der Waals surface area contributed by atoms with Gasteiger partial charge in [-0.15, -0.1) is 0 Å². The predicted octanol–water partition coefficient (Wildman–Crippen LogP) is 6.38. The Labute approximate surface area is 183 Å². The molecule has 1 aromatic heterocycles. The van der Waals surface area contributed by atoms with Crippen molar-refractivity contribution in [2.45, 2.75) is 79.1 Å². The maximum atomic E-state index is 5.93. The first-order valence-electron chi connectivity index (χ1n) is 12.2. The molecule has 1 saturated heterocycles. The molecular weight excluding hydrogens is 370 g/mol. The summed E-state index contributed by atoms with van der Waals surface area (Å²) in [7, 11) is 0. The molecule has 0 radical (unpaired) electrons. The first-order chi connectivity index (χ1) is 14.3. The minimum absolute atomic E-state index is 0.426. The number of unbranched alkanes of at least 4 members (excludes halogenated alkanes) is 1. The maximum absolute atomic E-state index is 5.93. The van der Waals surface area contributed by atoms with Gasteiger partial charge < -0.3 is 9.32 Å². The van der Waals surface area contributed by atoms with Crippen LogP contribution in [0.1, 0.15) is 83.6 Å². The second kappa shape index (κ2) is 8.90. The molecule has 2 heterocycles. The summed E-state index contributed by atoms with van der Waals surface area (Å²) >= 11 is 0. The number of oxazole rings is 1. The van der Waals surface area contributed by atoms with E-state index in [-0.39, 0.29) is 0 Å². The highest BCUT2D eigenvalue weighted by atomic mass is 16.3. The summed E-state index contributed by atoms with van der Waals surface area (Å²) in [6.07, 6.45) is 7.87. The molecule has 4 nitrogen and oxygen atoms in total. The van der Waals surface area contributed by atoms with Gasteiger partial charge in [0.1, 0.15) is 5.52 Å². The molecule has 30 heavy (non-hydrogen) atoms. The van der Waals surface area contributed by atoms with E-state index in [2.05, 4.69) is 54.6 Å². The van der Waals surface area contributed by atoms with E-state index in [4.69, 9.17) is 4.42 Å². The Kier molecular flexibility index (Phi) is 6.43. The number of aromatic nitrogens is 1. The Morgan fingerprint density at radius 1 is 1.03 bits per heavy atom. The normalized spacial score (nSPS) is 24.0. The molecule has 0 unspecified atom stereocenters. The number of anilines is 1. The average molecular weight is 412 g/mol. The first-order valence-corrected chi connectivity index (χ1v) is 12.2. The van der Waals surface area contributed by atoms with Crippen molar-refractivity contribution in [1.82, 2.24) is 9.88 Å². The van der Waals surface area contributed by atoms with E-state index in [1.165, 1.54) is 69.4 Å². The second-order valence-corrected chi connectivity index (χ2v) is 10.7. The molecule has 0 spiro atoms. The third kappa shape index (κ3) is 4.69. The predicted molar refractivity (Wildman–Crippen MR) is 126 cm³/mol. The number of aryl methyl sites for hydroxylation is 1. The van der Waals surface area contributed by atoms with Crippen LogP contribution < -0.4 is 4.90 Å². The van der Waals surface area contributed by atoms with Crippen molar-refractivity contribution in [1.29, 1.82) is 0 Å². The summed E-state index contributed by atoms with van der Waals surface area (Å²) in [4.78, 5) is 9.91. The number of benzene rings is 1. The highest BCUT2D eigenvalue weighted by Gasteiger charge is 2.32. The number of fused-ring (bicyclic) bond motifs is 1. The third-order valence-corrected chi connectivity index (χ3v) is 7.58. The van der Waals surface area contributed by atoms with Gasteiger partial charge in [-0.3, -0.25) is 4.90 Å². The molecule has 0 amide bonds. The Balaban J connectivity index is 1.56. The second-order valence-electron chi connectivity index (χ2n) is 10.7. The standard InChI is InChI=1S/C26H41N3O/c1-6-7-12-28-13-15-29(16-14-28)24-18-25-23(27-19(2)30-25)17-22(24)20-8-10-21(11-9-20)26(3,4)5/h17-18,20-21H,6-16H2,1-5H3. The number of rotatable bonds is 5. The van der Waals surface area contributed by atoms with Crippen LogP contribution >= 0.6 is 0 Å². The molecule has 2 aromatic rings. The van der Waals surface area contributed by atoms with Crippen molar-refractivity contribution in [3.05, 3.63) is 23.6 Å². The van der Waals surface area contributed by atoms with Crippen molar-refractivity contribution < 1.29 is 4.42 Å². The molecular formula is C26H41N3O. The number of nitrogens with zero attached hydrogens (tertiary/aromatic N) is 3. The van der Waals surface area contributed by atoms with Gasteiger partial charge in [-0.2, -0.15) is 0 Å². The molecule has 166 valence electrons. The summed E-state index contributed by atoms with van der Waals surface area (Å²) < 4.78 is 5.93. The lowest BCUT2D eigenvalue weighted by Gasteiger charge is -2.40. The molecule has 0 atom stereocenters. The molecule has 1 saturated carbocycles. The molecule has 1 aromatic carbocycles. The van der Waals surface area contributed by atoms with Gasteiger partial charge in [0.15, 0.2) is 11.5 Å². The van der Waals surface area contributed by atoms with E-state index in [0.717, 1.165) is 36.0 Å². The maximum Gasteiger partial charge on any atom is 0.192 e. The topological polar surface area (TPSA) is 32.5 Å². The van der Waals surface area contributed by atoms with Gasteiger partial charge in [0.2, 0.25) is 0 Å². The fourth-order valence-corrected chi connectivity index (χ4v) is 5.56. The van der Waals surface area contributed by atoms with Crippen LogP contribution in [-0.4, -0.2) is 42.6 Å². The van der Waals surface area contributed by atoms with E-state index in [0.29, 0.717) is 11.3 Å². The van der Waals surface area contributed by atoms with Gasteiger partial charge in [-0.1, -0.05) is 34.1 Å². The van der Waals surface area contributed by atoms with Gasteiger partial charge >= 0.3 is 0 Å². The minimum atomic E-state index is 0.426. The minimum Gasteiger partial charge on any atom is -0.441 e. The monoisotopic (exact) mass is 411 g/mol. The van der Waals surface area contributed by atoms with E-state index in [9.17, 15) is 0 Å². The van der Waals surface area contributed by atoms with E-state index in [1.54, 1.807) is 0 Å². The van der Waals surface area contributed by atoms with Crippen LogP contribution in [0.4, 0.5) is 5.69 Å². The zero-order valence-corrected chi connectivity index (χ0v) is 19.8. The first kappa shape index (κ1) is 21.7. The summed E-state index contributed by atoms with van der Waals surface area (Å²) in [6, 6.07) is 4.65. The molecule has 4 rings (SSSR count). The van der Waals surface area contributed by atoms with Crippen molar-refractivity contribution in [2.75, 3.05) is 37.6 Å². The van der Waals surface area contributed by atoms with Crippen molar-refractivity contribution in [3.63, 3.8) is 0 Å². The van der Waals surface area contributed by atoms with E-state index < -0.39 is 0 Å². The Morgan fingerprint density at radius 3 is 2.37 bits per heavy atom. The zero-order chi connectivity index (χ0) is 21.3. The van der Waals surface area contributed by atoms with Crippen LogP contribution in [0.3, 0.4) is 0 Å². The fraction of sp³-hybridized carbons (Fsp3) is 0.731. The SMILES string of the molecule is CCCCN1CCN(c2cc3oc(C)nc3cc2C2CCC(C(C)(C)C)CC2)CC1. The average Bonchev–Trinajstić information content (AvgIpc) is 3.10.